The lowest BCUT2D eigenvalue weighted by Gasteiger charge is -2.10. The molecular weight excluding hydrogens is 476 g/mol. The molecule has 10 heteroatoms. The van der Waals surface area contributed by atoms with Crippen LogP contribution in [0.5, 0.6) is 11.5 Å². The maximum absolute atomic E-state index is 13.8. The standard InChI is InChI=1S/C21H14BrF2N3O4/c1-25-20(29)18-17(3-2-8-26-18)31-12-6-4-11(5-7-12)19(28)21(30)27-16-9-13(22)14(23)10-15(16)24/h2-10H,1H3,(H,25,29)(H,27,30). The van der Waals surface area contributed by atoms with Crippen molar-refractivity contribution < 1.29 is 27.9 Å². The Morgan fingerprint density at radius 1 is 1.03 bits per heavy atom. The quantitative estimate of drug-likeness (QED) is 0.308. The van der Waals surface area contributed by atoms with Crippen LogP contribution >= 0.6 is 15.9 Å². The number of ketones is 1. The van der Waals surface area contributed by atoms with Crippen molar-refractivity contribution in [2.75, 3.05) is 12.4 Å². The molecule has 0 saturated heterocycles. The number of hydrogen-bond donors (Lipinski definition) is 2. The summed E-state index contributed by atoms with van der Waals surface area (Å²) < 4.78 is 32.7. The van der Waals surface area contributed by atoms with Crippen molar-refractivity contribution in [3.05, 3.63) is 82.1 Å². The summed E-state index contributed by atoms with van der Waals surface area (Å²) in [7, 11) is 1.46. The van der Waals surface area contributed by atoms with Crippen LogP contribution in [0.15, 0.2) is 59.2 Å². The molecule has 0 bridgehead atoms. The van der Waals surface area contributed by atoms with Gasteiger partial charge in [-0.25, -0.2) is 13.8 Å². The van der Waals surface area contributed by atoms with Gasteiger partial charge in [0.15, 0.2) is 11.4 Å². The molecule has 3 aromatic rings. The normalized spacial score (nSPS) is 10.3. The topological polar surface area (TPSA) is 97.4 Å². The van der Waals surface area contributed by atoms with Crippen molar-refractivity contribution in [2.24, 2.45) is 0 Å². The molecule has 31 heavy (non-hydrogen) atoms. The lowest BCUT2D eigenvalue weighted by Crippen LogP contribution is -2.23. The van der Waals surface area contributed by atoms with Gasteiger partial charge in [-0.2, -0.15) is 0 Å². The number of Topliss-reactive ketones (excluding diaryl/α,β-unsaturated/α-hetero) is 1. The van der Waals surface area contributed by atoms with E-state index in [1.165, 1.54) is 37.5 Å². The van der Waals surface area contributed by atoms with Crippen LogP contribution in [-0.4, -0.2) is 29.6 Å². The number of hydrogen-bond acceptors (Lipinski definition) is 5. The molecule has 2 amide bonds. The maximum atomic E-state index is 13.8. The van der Waals surface area contributed by atoms with Crippen molar-refractivity contribution in [3.8, 4) is 11.5 Å². The highest BCUT2D eigenvalue weighted by molar-refractivity contribution is 9.10. The van der Waals surface area contributed by atoms with Crippen LogP contribution in [-0.2, 0) is 4.79 Å². The van der Waals surface area contributed by atoms with Gasteiger partial charge < -0.3 is 15.4 Å². The average Bonchev–Trinajstić information content (AvgIpc) is 2.77. The first-order valence-corrected chi connectivity index (χ1v) is 9.54. The van der Waals surface area contributed by atoms with Gasteiger partial charge in [0.05, 0.1) is 10.2 Å². The monoisotopic (exact) mass is 489 g/mol. The fourth-order valence-electron chi connectivity index (χ4n) is 2.49. The van der Waals surface area contributed by atoms with E-state index in [4.69, 9.17) is 4.74 Å². The average molecular weight is 490 g/mol. The van der Waals surface area contributed by atoms with Crippen LogP contribution < -0.4 is 15.4 Å². The Labute approximate surface area is 183 Å². The number of nitrogens with one attached hydrogen (secondary N) is 2. The SMILES string of the molecule is CNC(=O)c1ncccc1Oc1ccc(C(=O)C(=O)Nc2cc(Br)c(F)cc2F)cc1. The number of benzene rings is 2. The Morgan fingerprint density at radius 3 is 2.42 bits per heavy atom. The van der Waals surface area contributed by atoms with Gasteiger partial charge in [0, 0.05) is 24.9 Å². The summed E-state index contributed by atoms with van der Waals surface area (Å²) in [4.78, 5) is 40.3. The van der Waals surface area contributed by atoms with Gasteiger partial charge >= 0.3 is 0 Å². The summed E-state index contributed by atoms with van der Waals surface area (Å²) in [5.41, 5.74) is -0.244. The van der Waals surface area contributed by atoms with Crippen molar-refractivity contribution in [1.29, 1.82) is 0 Å². The molecule has 158 valence electrons. The van der Waals surface area contributed by atoms with Crippen molar-refractivity contribution in [3.63, 3.8) is 0 Å². The van der Waals surface area contributed by atoms with Crippen molar-refractivity contribution >= 4 is 39.2 Å². The number of amides is 2. The predicted molar refractivity (Wildman–Crippen MR) is 111 cm³/mol. The van der Waals surface area contributed by atoms with Gasteiger partial charge in [0.2, 0.25) is 0 Å². The summed E-state index contributed by atoms with van der Waals surface area (Å²) in [5, 5.41) is 4.57. The summed E-state index contributed by atoms with van der Waals surface area (Å²) in [6.45, 7) is 0. The second-order valence-electron chi connectivity index (χ2n) is 6.09. The molecule has 0 fully saturated rings. The summed E-state index contributed by atoms with van der Waals surface area (Å²) in [6, 6.07) is 10.3. The van der Waals surface area contributed by atoms with E-state index in [-0.39, 0.29) is 27.2 Å². The van der Waals surface area contributed by atoms with Gasteiger partial charge in [-0.1, -0.05) is 0 Å². The highest BCUT2D eigenvalue weighted by atomic mass is 79.9. The molecule has 0 aliphatic rings. The molecule has 0 radical (unpaired) electrons. The van der Waals surface area contributed by atoms with E-state index in [2.05, 4.69) is 31.5 Å². The number of halogens is 3. The number of anilines is 1. The zero-order chi connectivity index (χ0) is 22.5. The Bertz CT molecular complexity index is 1170. The van der Waals surface area contributed by atoms with Crippen LogP contribution in [0.1, 0.15) is 20.8 Å². The third kappa shape index (κ3) is 5.10. The second-order valence-corrected chi connectivity index (χ2v) is 6.94. The third-order valence-corrected chi connectivity index (χ3v) is 4.63. The number of aromatic nitrogens is 1. The number of carbonyl (C=O) groups is 3. The molecule has 2 N–H and O–H groups in total. The minimum absolute atomic E-state index is 0.0177. The molecule has 7 nitrogen and oxygen atoms in total. The molecular formula is C21H14BrF2N3O4. The number of carbonyl (C=O) groups excluding carboxylic acids is 3. The van der Waals surface area contributed by atoms with Crippen LogP contribution in [0, 0.1) is 11.6 Å². The van der Waals surface area contributed by atoms with E-state index in [0.29, 0.717) is 11.8 Å². The van der Waals surface area contributed by atoms with Crippen molar-refractivity contribution in [1.82, 2.24) is 10.3 Å². The van der Waals surface area contributed by atoms with E-state index >= 15 is 0 Å². The lowest BCUT2D eigenvalue weighted by molar-refractivity contribution is -0.112. The molecule has 2 aromatic carbocycles. The molecule has 0 saturated carbocycles. The number of ether oxygens (including phenoxy) is 1. The molecule has 0 aliphatic carbocycles. The minimum atomic E-state index is -1.10. The highest BCUT2D eigenvalue weighted by Gasteiger charge is 2.19. The smallest absolute Gasteiger partial charge is 0.296 e. The highest BCUT2D eigenvalue weighted by Crippen LogP contribution is 2.25. The van der Waals surface area contributed by atoms with Gasteiger partial charge in [-0.15, -0.1) is 0 Å². The Balaban J connectivity index is 1.73. The molecule has 0 atom stereocenters. The van der Waals surface area contributed by atoms with Gasteiger partial charge in [-0.3, -0.25) is 14.4 Å². The third-order valence-electron chi connectivity index (χ3n) is 4.02. The second kappa shape index (κ2) is 9.43. The molecule has 0 aliphatic heterocycles. The van der Waals surface area contributed by atoms with E-state index in [9.17, 15) is 23.2 Å². The van der Waals surface area contributed by atoms with Gasteiger partial charge in [0.1, 0.15) is 17.4 Å². The first-order valence-electron chi connectivity index (χ1n) is 8.75. The summed E-state index contributed by atoms with van der Waals surface area (Å²) >= 11 is 2.88. The molecule has 0 unspecified atom stereocenters. The fourth-order valence-corrected chi connectivity index (χ4v) is 2.84. The summed E-state index contributed by atoms with van der Waals surface area (Å²) in [6.07, 6.45) is 1.44. The van der Waals surface area contributed by atoms with E-state index in [1.54, 1.807) is 12.1 Å². The summed E-state index contributed by atoms with van der Waals surface area (Å²) in [5.74, 6) is -3.82. The van der Waals surface area contributed by atoms with Crippen LogP contribution in [0.25, 0.3) is 0 Å². The zero-order valence-electron chi connectivity index (χ0n) is 15.9. The van der Waals surface area contributed by atoms with Crippen LogP contribution in [0.2, 0.25) is 0 Å². The van der Waals surface area contributed by atoms with E-state index in [0.717, 1.165) is 6.07 Å². The Hall–Kier alpha value is -3.66. The Kier molecular flexibility index (Phi) is 6.71. The Morgan fingerprint density at radius 2 is 1.74 bits per heavy atom. The molecule has 1 heterocycles. The van der Waals surface area contributed by atoms with Crippen LogP contribution in [0.4, 0.5) is 14.5 Å². The largest absolute Gasteiger partial charge is 0.455 e. The number of pyridine rings is 1. The molecule has 0 spiro atoms. The predicted octanol–water partition coefficient (Wildman–Crippen LogP) is 4.10. The van der Waals surface area contributed by atoms with E-state index in [1.807, 2.05) is 0 Å². The molecule has 3 rings (SSSR count). The van der Waals surface area contributed by atoms with Crippen molar-refractivity contribution in [2.45, 2.75) is 0 Å². The lowest BCUT2D eigenvalue weighted by atomic mass is 10.1. The zero-order valence-corrected chi connectivity index (χ0v) is 17.5. The van der Waals surface area contributed by atoms with Crippen LogP contribution in [0.3, 0.4) is 0 Å². The van der Waals surface area contributed by atoms with Gasteiger partial charge in [0.25, 0.3) is 17.6 Å². The fraction of sp³-hybridized carbons (Fsp3) is 0.0476. The first kappa shape index (κ1) is 22.0. The molecule has 1 aromatic heterocycles. The number of rotatable bonds is 6. The minimum Gasteiger partial charge on any atom is -0.455 e. The first-order chi connectivity index (χ1) is 14.8. The van der Waals surface area contributed by atoms with Gasteiger partial charge in [-0.05, 0) is 58.4 Å². The van der Waals surface area contributed by atoms with E-state index < -0.39 is 29.2 Å². The maximum Gasteiger partial charge on any atom is 0.296 e. The number of nitrogens with zero attached hydrogens (tertiary/aromatic N) is 1.